The standard InChI is InChI=1S/C38H45ClN4O3/c1-23-16-33(39)36(17-24(23)2)46-31-14-15-42(22-31)29-10-8-26(9-11-29)32-18-28-19-40-20-34(41-28)37(32)38(44)43(30-12-13-30)21-27-6-5-7-35(45-4)25(27)3/h5-11,16-17,28,30-31,34,40-41H,12-15,18-22H2,1-4H3/t28-,31+,34-/m1/s1. The summed E-state index contributed by atoms with van der Waals surface area (Å²) >= 11 is 6.51. The largest absolute Gasteiger partial charge is 0.496 e. The minimum absolute atomic E-state index is 0.00365. The second-order valence-corrected chi connectivity index (χ2v) is 13.9. The van der Waals surface area contributed by atoms with Gasteiger partial charge >= 0.3 is 0 Å². The van der Waals surface area contributed by atoms with E-state index in [0.717, 1.165) is 85.6 Å². The summed E-state index contributed by atoms with van der Waals surface area (Å²) in [5.41, 5.74) is 9.03. The zero-order valence-corrected chi connectivity index (χ0v) is 28.1. The average molecular weight is 641 g/mol. The van der Waals surface area contributed by atoms with Crippen LogP contribution in [0.15, 0.2) is 60.2 Å². The van der Waals surface area contributed by atoms with Gasteiger partial charge in [0.25, 0.3) is 5.91 Å². The lowest BCUT2D eigenvalue weighted by molar-refractivity contribution is -0.128. The van der Waals surface area contributed by atoms with Gasteiger partial charge in [0.05, 0.1) is 24.7 Å². The van der Waals surface area contributed by atoms with Crippen LogP contribution in [0.5, 0.6) is 11.5 Å². The van der Waals surface area contributed by atoms with Gasteiger partial charge in [-0.3, -0.25) is 4.79 Å². The third-order valence-corrected chi connectivity index (χ3v) is 10.6. The Labute approximate surface area is 277 Å². The Kier molecular flexibility index (Phi) is 8.75. The first-order valence-electron chi connectivity index (χ1n) is 16.7. The van der Waals surface area contributed by atoms with Gasteiger partial charge in [-0.25, -0.2) is 0 Å². The monoisotopic (exact) mass is 640 g/mol. The fraction of sp³-hybridized carbons (Fsp3) is 0.447. The van der Waals surface area contributed by atoms with Crippen molar-refractivity contribution in [2.75, 3.05) is 38.2 Å². The van der Waals surface area contributed by atoms with Crippen molar-refractivity contribution >= 4 is 28.8 Å². The summed E-state index contributed by atoms with van der Waals surface area (Å²) in [5.74, 6) is 1.79. The fourth-order valence-electron chi connectivity index (χ4n) is 7.34. The number of halogens is 1. The molecule has 242 valence electrons. The molecule has 1 amide bonds. The first kappa shape index (κ1) is 31.1. The predicted molar refractivity (Wildman–Crippen MR) is 185 cm³/mol. The molecule has 8 heteroatoms. The molecule has 3 aromatic carbocycles. The number of hydrogen-bond donors (Lipinski definition) is 2. The van der Waals surface area contributed by atoms with E-state index < -0.39 is 0 Å². The number of carbonyl (C=O) groups excluding carboxylic acids is 1. The van der Waals surface area contributed by atoms with Gasteiger partial charge in [-0.05, 0) is 104 Å². The quantitative estimate of drug-likeness (QED) is 0.290. The number of rotatable bonds is 9. The molecule has 3 fully saturated rings. The Balaban J connectivity index is 1.13. The van der Waals surface area contributed by atoms with Gasteiger partial charge in [-0.1, -0.05) is 35.9 Å². The Morgan fingerprint density at radius 3 is 2.54 bits per heavy atom. The molecule has 3 aliphatic heterocycles. The Morgan fingerprint density at radius 1 is 1.00 bits per heavy atom. The smallest absolute Gasteiger partial charge is 0.252 e. The number of fused-ring (bicyclic) bond motifs is 2. The van der Waals surface area contributed by atoms with Gasteiger partial charge in [0.2, 0.25) is 0 Å². The van der Waals surface area contributed by atoms with E-state index in [2.05, 4.69) is 71.5 Å². The van der Waals surface area contributed by atoms with E-state index in [4.69, 9.17) is 21.1 Å². The summed E-state index contributed by atoms with van der Waals surface area (Å²) in [7, 11) is 1.70. The number of ether oxygens (including phenoxy) is 2. The number of carbonyl (C=O) groups is 1. The SMILES string of the molecule is COc1cccc(CN(C(=O)C2=C(c3ccc(N4CC[C@H](Oc5cc(C)c(C)cc5Cl)C4)cc3)C[C@@H]3CNC[C@H]2N3)C2CC2)c1C. The molecule has 0 unspecified atom stereocenters. The number of methoxy groups -OCH3 is 1. The predicted octanol–water partition coefficient (Wildman–Crippen LogP) is 6.21. The van der Waals surface area contributed by atoms with E-state index >= 15 is 0 Å². The van der Waals surface area contributed by atoms with Crippen molar-refractivity contribution in [3.63, 3.8) is 0 Å². The number of aryl methyl sites for hydroxylation is 2. The van der Waals surface area contributed by atoms with Crippen LogP contribution in [0, 0.1) is 20.8 Å². The Hall–Kier alpha value is -3.52. The summed E-state index contributed by atoms with van der Waals surface area (Å²) in [5, 5.41) is 8.00. The summed E-state index contributed by atoms with van der Waals surface area (Å²) < 4.78 is 12.0. The molecule has 2 saturated heterocycles. The molecule has 2 N–H and O–H groups in total. The van der Waals surface area contributed by atoms with E-state index in [1.807, 2.05) is 24.3 Å². The minimum Gasteiger partial charge on any atom is -0.496 e. The van der Waals surface area contributed by atoms with E-state index in [1.54, 1.807) is 7.11 Å². The van der Waals surface area contributed by atoms with Crippen LogP contribution >= 0.6 is 11.6 Å². The van der Waals surface area contributed by atoms with Crippen molar-refractivity contribution in [3.8, 4) is 11.5 Å². The van der Waals surface area contributed by atoms with Crippen LogP contribution < -0.4 is 25.0 Å². The van der Waals surface area contributed by atoms with Crippen molar-refractivity contribution < 1.29 is 14.3 Å². The number of anilines is 1. The number of nitrogens with one attached hydrogen (secondary N) is 2. The van der Waals surface area contributed by atoms with Crippen molar-refractivity contribution in [1.82, 2.24) is 15.5 Å². The molecular formula is C38H45ClN4O3. The van der Waals surface area contributed by atoms with E-state index in [0.29, 0.717) is 17.6 Å². The lowest BCUT2D eigenvalue weighted by Crippen LogP contribution is -2.60. The van der Waals surface area contributed by atoms with Crippen molar-refractivity contribution in [3.05, 3.63) is 93.0 Å². The van der Waals surface area contributed by atoms with Gasteiger partial charge in [0, 0.05) is 55.9 Å². The first-order valence-corrected chi connectivity index (χ1v) is 17.1. The zero-order valence-electron chi connectivity index (χ0n) is 27.4. The molecule has 0 radical (unpaired) electrons. The molecule has 4 aliphatic rings. The van der Waals surface area contributed by atoms with Crippen LogP contribution in [0.1, 0.15) is 53.5 Å². The van der Waals surface area contributed by atoms with Crippen LogP contribution in [0.2, 0.25) is 5.02 Å². The molecule has 3 aromatic rings. The van der Waals surface area contributed by atoms with Crippen LogP contribution in [0.3, 0.4) is 0 Å². The van der Waals surface area contributed by atoms with Crippen LogP contribution in [0.25, 0.3) is 5.57 Å². The van der Waals surface area contributed by atoms with Crippen LogP contribution in [0.4, 0.5) is 5.69 Å². The van der Waals surface area contributed by atoms with Crippen LogP contribution in [-0.2, 0) is 11.3 Å². The van der Waals surface area contributed by atoms with Crippen molar-refractivity contribution in [1.29, 1.82) is 0 Å². The maximum atomic E-state index is 14.6. The zero-order chi connectivity index (χ0) is 31.9. The lowest BCUT2D eigenvalue weighted by atomic mass is 9.83. The van der Waals surface area contributed by atoms with Crippen LogP contribution in [-0.4, -0.2) is 68.3 Å². The summed E-state index contributed by atoms with van der Waals surface area (Å²) in [6.07, 6.45) is 3.98. The average Bonchev–Trinajstić information content (AvgIpc) is 3.79. The number of amides is 1. The second-order valence-electron chi connectivity index (χ2n) is 13.5. The highest BCUT2D eigenvalue weighted by Crippen LogP contribution is 2.38. The topological polar surface area (TPSA) is 66.1 Å². The third-order valence-electron chi connectivity index (χ3n) is 10.3. The van der Waals surface area contributed by atoms with Gasteiger partial charge in [-0.15, -0.1) is 0 Å². The van der Waals surface area contributed by atoms with Gasteiger partial charge in [-0.2, -0.15) is 0 Å². The number of nitrogens with zero attached hydrogens (tertiary/aromatic N) is 2. The Bertz CT molecular complexity index is 1650. The van der Waals surface area contributed by atoms with E-state index in [1.165, 1.54) is 22.4 Å². The highest BCUT2D eigenvalue weighted by Gasteiger charge is 2.41. The highest BCUT2D eigenvalue weighted by molar-refractivity contribution is 6.32. The number of piperazine rings is 1. The van der Waals surface area contributed by atoms with Crippen molar-refractivity contribution in [2.45, 2.75) is 77.2 Å². The third kappa shape index (κ3) is 6.25. The molecule has 2 bridgehead atoms. The molecule has 7 nitrogen and oxygen atoms in total. The molecule has 0 spiro atoms. The normalized spacial score (nSPS) is 22.6. The maximum absolute atomic E-state index is 14.6. The van der Waals surface area contributed by atoms with Gasteiger partial charge in [0.1, 0.15) is 17.6 Å². The van der Waals surface area contributed by atoms with Crippen molar-refractivity contribution in [2.24, 2.45) is 0 Å². The fourth-order valence-corrected chi connectivity index (χ4v) is 7.60. The summed E-state index contributed by atoms with van der Waals surface area (Å²) in [6, 6.07) is 19.6. The first-order chi connectivity index (χ1) is 22.3. The van der Waals surface area contributed by atoms with Gasteiger partial charge in [0.15, 0.2) is 0 Å². The maximum Gasteiger partial charge on any atom is 0.252 e. The molecule has 0 aromatic heterocycles. The van der Waals surface area contributed by atoms with E-state index in [9.17, 15) is 4.79 Å². The Morgan fingerprint density at radius 2 is 1.78 bits per heavy atom. The summed E-state index contributed by atoms with van der Waals surface area (Å²) in [6.45, 7) is 10.3. The lowest BCUT2D eigenvalue weighted by Gasteiger charge is -2.41. The molecule has 46 heavy (non-hydrogen) atoms. The molecule has 1 aliphatic carbocycles. The molecule has 3 heterocycles. The minimum atomic E-state index is -0.00365. The molecule has 1 saturated carbocycles. The second kappa shape index (κ2) is 12.9. The highest BCUT2D eigenvalue weighted by atomic mass is 35.5. The number of hydrogen-bond acceptors (Lipinski definition) is 6. The number of benzene rings is 3. The summed E-state index contributed by atoms with van der Waals surface area (Å²) in [4.78, 5) is 19.1. The van der Waals surface area contributed by atoms with E-state index in [-0.39, 0.29) is 24.1 Å². The molecular weight excluding hydrogens is 596 g/mol. The molecule has 7 rings (SSSR count). The molecule has 3 atom stereocenters. The van der Waals surface area contributed by atoms with Gasteiger partial charge < -0.3 is 29.9 Å².